The van der Waals surface area contributed by atoms with Crippen LogP contribution in [0.15, 0.2) is 84.9 Å². The van der Waals surface area contributed by atoms with Crippen LogP contribution in [-0.2, 0) is 43.2 Å². The lowest BCUT2D eigenvalue weighted by Gasteiger charge is -2.35. The highest BCUT2D eigenvalue weighted by Gasteiger charge is 2.37. The molecule has 0 heterocycles. The lowest BCUT2D eigenvalue weighted by molar-refractivity contribution is -0.146. The summed E-state index contributed by atoms with van der Waals surface area (Å²) in [5, 5.41) is 16.1. The summed E-state index contributed by atoms with van der Waals surface area (Å²) in [6.07, 6.45) is -0.739. The molecule has 3 rings (SSSR count). The average molecular weight is 703 g/mol. The van der Waals surface area contributed by atoms with Gasteiger partial charge in [-0.1, -0.05) is 86.6 Å². The van der Waals surface area contributed by atoms with Crippen molar-refractivity contribution in [3.63, 3.8) is 0 Å². The van der Waals surface area contributed by atoms with Crippen LogP contribution in [0.2, 0.25) is 0 Å². The van der Waals surface area contributed by atoms with E-state index in [1.165, 1.54) is 12.1 Å². The third-order valence-corrected chi connectivity index (χ3v) is 7.72. The number of nitrogens with two attached hydrogens (primary N) is 2. The molecular formula is C38H50N6O7. The van der Waals surface area contributed by atoms with Crippen molar-refractivity contribution < 1.29 is 33.8 Å². The highest BCUT2D eigenvalue weighted by Crippen LogP contribution is 2.17. The molecule has 0 saturated heterocycles. The van der Waals surface area contributed by atoms with E-state index in [0.29, 0.717) is 5.56 Å². The molecule has 0 radical (unpaired) electrons. The summed E-state index contributed by atoms with van der Waals surface area (Å²) in [6, 6.07) is 19.2. The number of hydrogen-bond donors (Lipinski definition) is 6. The first-order valence-corrected chi connectivity index (χ1v) is 16.9. The predicted octanol–water partition coefficient (Wildman–Crippen LogP) is 2.89. The number of aromatic hydroxyl groups is 1. The number of phenolic OH excluding ortho intramolecular Hbond substituents is 1. The van der Waals surface area contributed by atoms with E-state index in [4.69, 9.17) is 16.2 Å². The molecular weight excluding hydrogens is 652 g/mol. The summed E-state index contributed by atoms with van der Waals surface area (Å²) in [4.78, 5) is 67.7. The van der Waals surface area contributed by atoms with Crippen LogP contribution in [0.3, 0.4) is 0 Å². The molecule has 0 aromatic heterocycles. The fraction of sp³-hybridized carbons (Fsp3) is 0.395. The van der Waals surface area contributed by atoms with Crippen LogP contribution >= 0.6 is 0 Å². The van der Waals surface area contributed by atoms with Crippen LogP contribution in [0.5, 0.6) is 5.75 Å². The minimum Gasteiger partial charge on any atom is -0.508 e. The van der Waals surface area contributed by atoms with Crippen LogP contribution in [-0.4, -0.2) is 69.6 Å². The van der Waals surface area contributed by atoms with Crippen molar-refractivity contribution in [2.24, 2.45) is 17.4 Å². The first kappa shape index (κ1) is 40.0. The maximum Gasteiger partial charge on any atom is 0.426 e. The molecule has 0 bridgehead atoms. The first-order valence-electron chi connectivity index (χ1n) is 16.9. The van der Waals surface area contributed by atoms with Crippen LogP contribution in [0.4, 0.5) is 4.79 Å². The summed E-state index contributed by atoms with van der Waals surface area (Å²) < 4.78 is 5.43. The van der Waals surface area contributed by atoms with Gasteiger partial charge in [-0.15, -0.1) is 0 Å². The summed E-state index contributed by atoms with van der Waals surface area (Å²) in [7, 11) is 0. The van der Waals surface area contributed by atoms with E-state index in [1.54, 1.807) is 81.4 Å². The molecule has 4 atom stereocenters. The van der Waals surface area contributed by atoms with Crippen LogP contribution in [0.1, 0.15) is 57.7 Å². The van der Waals surface area contributed by atoms with Gasteiger partial charge in [-0.05, 0) is 68.4 Å². The molecule has 51 heavy (non-hydrogen) atoms. The number of rotatable bonds is 15. The van der Waals surface area contributed by atoms with Crippen molar-refractivity contribution in [1.82, 2.24) is 21.1 Å². The predicted molar refractivity (Wildman–Crippen MR) is 193 cm³/mol. The number of hydrazine groups is 1. The zero-order chi connectivity index (χ0) is 37.7. The summed E-state index contributed by atoms with van der Waals surface area (Å²) in [5.74, 6) is -3.16. The SMILES string of the molecule is CC(C)C[C@@H](C(=O)N[C@@H](Cc1ccc(O)cc1)C(=O)N[C@@H](Cc1ccccc1)C(N)=O)N(NC(=O)OC(C)(C)C)C(=O)[C@@H](N)Cc1ccccc1. The lowest BCUT2D eigenvalue weighted by atomic mass is 9.99. The van der Waals surface area contributed by atoms with E-state index >= 15 is 0 Å². The van der Waals surface area contributed by atoms with Gasteiger partial charge in [-0.25, -0.2) is 15.2 Å². The topological polar surface area (TPSA) is 206 Å². The smallest absolute Gasteiger partial charge is 0.426 e. The Hall–Kier alpha value is -5.43. The number of carbonyl (C=O) groups excluding carboxylic acids is 5. The molecule has 0 aliphatic heterocycles. The monoisotopic (exact) mass is 702 g/mol. The normalized spacial score (nSPS) is 13.6. The molecule has 274 valence electrons. The van der Waals surface area contributed by atoms with Gasteiger partial charge >= 0.3 is 6.09 Å². The van der Waals surface area contributed by atoms with Gasteiger partial charge in [-0.3, -0.25) is 19.2 Å². The number of nitrogens with one attached hydrogen (secondary N) is 3. The molecule has 0 saturated carbocycles. The quantitative estimate of drug-likeness (QED) is 0.130. The van der Waals surface area contributed by atoms with Crippen molar-refractivity contribution >= 4 is 29.7 Å². The Balaban J connectivity index is 1.98. The van der Waals surface area contributed by atoms with Gasteiger partial charge in [0.15, 0.2) is 0 Å². The average Bonchev–Trinajstić information content (AvgIpc) is 3.06. The Morgan fingerprint density at radius 2 is 1.24 bits per heavy atom. The minimum absolute atomic E-state index is 0.00616. The number of primary amides is 1. The maximum absolute atomic E-state index is 14.3. The molecule has 0 unspecified atom stereocenters. The van der Waals surface area contributed by atoms with E-state index < -0.39 is 59.5 Å². The second kappa shape index (κ2) is 18.5. The van der Waals surface area contributed by atoms with Crippen LogP contribution in [0, 0.1) is 5.92 Å². The van der Waals surface area contributed by atoms with Gasteiger partial charge in [0, 0.05) is 12.8 Å². The Bertz CT molecular complexity index is 1610. The van der Waals surface area contributed by atoms with Crippen molar-refractivity contribution in [3.05, 3.63) is 102 Å². The minimum atomic E-state index is -1.33. The number of benzene rings is 3. The molecule has 0 aliphatic rings. The Kier molecular flexibility index (Phi) is 14.5. The van der Waals surface area contributed by atoms with Gasteiger partial charge in [0.05, 0.1) is 6.04 Å². The largest absolute Gasteiger partial charge is 0.508 e. The van der Waals surface area contributed by atoms with E-state index in [2.05, 4.69) is 16.1 Å². The van der Waals surface area contributed by atoms with Crippen molar-refractivity contribution in [2.45, 2.75) is 90.1 Å². The van der Waals surface area contributed by atoms with Gasteiger partial charge in [0.1, 0.15) is 29.5 Å². The Morgan fingerprint density at radius 1 is 0.745 bits per heavy atom. The highest BCUT2D eigenvalue weighted by molar-refractivity contribution is 5.95. The summed E-state index contributed by atoms with van der Waals surface area (Å²) in [6.45, 7) is 8.63. The fourth-order valence-corrected chi connectivity index (χ4v) is 5.29. The van der Waals surface area contributed by atoms with Gasteiger partial charge in [0.2, 0.25) is 17.7 Å². The number of phenols is 1. The second-order valence-electron chi connectivity index (χ2n) is 13.8. The number of ether oxygens (including phenoxy) is 1. The zero-order valence-electron chi connectivity index (χ0n) is 29.8. The lowest BCUT2D eigenvalue weighted by Crippen LogP contribution is -2.63. The third-order valence-electron chi connectivity index (χ3n) is 7.72. The zero-order valence-corrected chi connectivity index (χ0v) is 29.8. The maximum atomic E-state index is 14.3. The third kappa shape index (κ3) is 13.4. The number of carbonyl (C=O) groups is 5. The molecule has 13 nitrogen and oxygen atoms in total. The number of amides is 5. The van der Waals surface area contributed by atoms with Gasteiger partial charge < -0.3 is 31.9 Å². The molecule has 3 aromatic carbocycles. The molecule has 0 fully saturated rings. The summed E-state index contributed by atoms with van der Waals surface area (Å²) >= 11 is 0. The van der Waals surface area contributed by atoms with Gasteiger partial charge in [-0.2, -0.15) is 0 Å². The number of hydrogen-bond acceptors (Lipinski definition) is 8. The number of nitrogens with zero attached hydrogens (tertiary/aromatic N) is 1. The van der Waals surface area contributed by atoms with Crippen molar-refractivity contribution in [3.8, 4) is 5.75 Å². The Morgan fingerprint density at radius 3 is 1.75 bits per heavy atom. The second-order valence-corrected chi connectivity index (χ2v) is 13.8. The van der Waals surface area contributed by atoms with Crippen LogP contribution in [0.25, 0.3) is 0 Å². The highest BCUT2D eigenvalue weighted by atomic mass is 16.6. The van der Waals surface area contributed by atoms with Crippen molar-refractivity contribution in [2.75, 3.05) is 0 Å². The molecule has 3 aromatic rings. The molecule has 13 heteroatoms. The van der Waals surface area contributed by atoms with Crippen molar-refractivity contribution in [1.29, 1.82) is 0 Å². The molecule has 0 aliphatic carbocycles. The fourth-order valence-electron chi connectivity index (χ4n) is 5.29. The summed E-state index contributed by atoms with van der Waals surface area (Å²) in [5.41, 5.74) is 15.7. The van der Waals surface area contributed by atoms with Gasteiger partial charge in [0.25, 0.3) is 5.91 Å². The standard InChI is InChI=1S/C38H50N6O7/c1-24(2)20-32(44(43-37(50)51-38(3,4)5)36(49)29(39)21-25-12-8-6-9-13-25)35(48)42-31(23-27-16-18-28(45)19-17-27)34(47)41-30(33(40)46)22-26-14-10-7-11-15-26/h6-19,24,29-32,45H,20-23,39H2,1-5H3,(H2,40,46)(H,41,47)(H,42,48)(H,43,50)/t29-,30-,31-,32-/m0/s1. The van der Waals surface area contributed by atoms with E-state index in [-0.39, 0.29) is 37.4 Å². The molecule has 8 N–H and O–H groups in total. The van der Waals surface area contributed by atoms with E-state index in [1.807, 2.05) is 26.0 Å². The first-order chi connectivity index (χ1) is 24.0. The van der Waals surface area contributed by atoms with E-state index in [9.17, 15) is 29.1 Å². The molecule has 5 amide bonds. The Labute approximate surface area is 299 Å². The molecule has 0 spiro atoms. The van der Waals surface area contributed by atoms with Crippen LogP contribution < -0.4 is 27.5 Å². The van der Waals surface area contributed by atoms with E-state index in [0.717, 1.165) is 16.1 Å².